The molecule has 0 aromatic heterocycles. The number of esters is 1. The Labute approximate surface area is 138 Å². The van der Waals surface area contributed by atoms with E-state index in [0.29, 0.717) is 21.9 Å². The molecule has 0 amide bonds. The predicted octanol–water partition coefficient (Wildman–Crippen LogP) is 2.12. The number of nitrogens with one attached hydrogen (secondary N) is 2. The number of carbonyl (C=O) groups excluding carboxylic acids is 1. The summed E-state index contributed by atoms with van der Waals surface area (Å²) in [4.78, 5) is 22.8. The zero-order chi connectivity index (χ0) is 17.0. The van der Waals surface area contributed by atoms with Crippen molar-refractivity contribution in [3.05, 3.63) is 63.9 Å². The summed E-state index contributed by atoms with van der Waals surface area (Å²) in [7, 11) is 0. The molecular weight excluding hydrogens is 318 g/mol. The number of hydrogen-bond acceptors (Lipinski definition) is 5. The van der Waals surface area contributed by atoms with Gasteiger partial charge in [0.25, 0.3) is 5.69 Å². The lowest BCUT2D eigenvalue weighted by Crippen LogP contribution is -2.45. The molecule has 0 bridgehead atoms. The van der Waals surface area contributed by atoms with Gasteiger partial charge in [-0.05, 0) is 24.7 Å². The van der Waals surface area contributed by atoms with E-state index in [1.807, 2.05) is 0 Å². The standard InChI is InChI=1S/C15H15N3O4S/c1-3-7-22-14(19)12-9(2)16-15(23)17-13(12)10-5-4-6-11(8-10)18(20)21/h3-6,8,13H,1,7H2,2H3,(H2,16,17,23)/t13-/m0/s1. The topological polar surface area (TPSA) is 93.5 Å². The average molecular weight is 333 g/mol. The number of ether oxygens (including phenoxy) is 1. The lowest BCUT2D eigenvalue weighted by Gasteiger charge is -2.29. The molecule has 0 radical (unpaired) electrons. The third-order valence-corrected chi connectivity index (χ3v) is 3.46. The van der Waals surface area contributed by atoms with Gasteiger partial charge in [0.2, 0.25) is 0 Å². The number of nitro benzene ring substituents is 1. The quantitative estimate of drug-likeness (QED) is 0.280. The van der Waals surface area contributed by atoms with Gasteiger partial charge in [-0.15, -0.1) is 0 Å². The summed E-state index contributed by atoms with van der Waals surface area (Å²) in [5.74, 6) is -0.540. The van der Waals surface area contributed by atoms with E-state index in [4.69, 9.17) is 17.0 Å². The normalized spacial score (nSPS) is 17.1. The summed E-state index contributed by atoms with van der Waals surface area (Å²) in [5.41, 5.74) is 1.35. The van der Waals surface area contributed by atoms with Gasteiger partial charge in [0, 0.05) is 17.8 Å². The van der Waals surface area contributed by atoms with Gasteiger partial charge in [0.15, 0.2) is 5.11 Å². The Kier molecular flexibility index (Phi) is 5.07. The summed E-state index contributed by atoms with van der Waals surface area (Å²) >= 11 is 5.11. The Morgan fingerprint density at radius 2 is 2.30 bits per heavy atom. The van der Waals surface area contributed by atoms with E-state index >= 15 is 0 Å². The smallest absolute Gasteiger partial charge is 0.338 e. The maximum absolute atomic E-state index is 12.3. The van der Waals surface area contributed by atoms with Crippen molar-refractivity contribution in [3.8, 4) is 0 Å². The van der Waals surface area contributed by atoms with E-state index in [0.717, 1.165) is 0 Å². The first kappa shape index (κ1) is 16.6. The fourth-order valence-corrected chi connectivity index (χ4v) is 2.52. The van der Waals surface area contributed by atoms with Crippen LogP contribution in [0, 0.1) is 10.1 Å². The maximum Gasteiger partial charge on any atom is 0.338 e. The van der Waals surface area contributed by atoms with Gasteiger partial charge in [0.1, 0.15) is 6.61 Å². The van der Waals surface area contributed by atoms with Crippen LogP contribution in [0.5, 0.6) is 0 Å². The lowest BCUT2D eigenvalue weighted by atomic mass is 9.95. The molecule has 1 aromatic rings. The molecular formula is C15H15N3O4S. The van der Waals surface area contributed by atoms with Crippen LogP contribution in [-0.4, -0.2) is 22.6 Å². The van der Waals surface area contributed by atoms with E-state index in [2.05, 4.69) is 17.2 Å². The highest BCUT2D eigenvalue weighted by Crippen LogP contribution is 2.29. The predicted molar refractivity (Wildman–Crippen MR) is 88.6 cm³/mol. The molecule has 1 atom stereocenters. The van der Waals surface area contributed by atoms with Crippen LogP contribution in [0.1, 0.15) is 18.5 Å². The molecule has 8 heteroatoms. The zero-order valence-corrected chi connectivity index (χ0v) is 13.2. The molecule has 120 valence electrons. The maximum atomic E-state index is 12.3. The first-order valence-electron chi connectivity index (χ1n) is 6.74. The SMILES string of the molecule is C=CCOC(=O)C1=C(C)NC(=S)N[C@H]1c1cccc([N+](=O)[O-])c1. The molecule has 7 nitrogen and oxygen atoms in total. The second kappa shape index (κ2) is 7.01. The van der Waals surface area contributed by atoms with Gasteiger partial charge in [0.05, 0.1) is 16.5 Å². The van der Waals surface area contributed by atoms with Crippen molar-refractivity contribution in [3.63, 3.8) is 0 Å². The van der Waals surface area contributed by atoms with Gasteiger partial charge in [-0.25, -0.2) is 4.79 Å². The Balaban J connectivity index is 2.44. The summed E-state index contributed by atoms with van der Waals surface area (Å²) < 4.78 is 5.09. The van der Waals surface area contributed by atoms with Crippen LogP contribution in [-0.2, 0) is 9.53 Å². The second-order valence-corrected chi connectivity index (χ2v) is 5.22. The van der Waals surface area contributed by atoms with Gasteiger partial charge in [-0.1, -0.05) is 24.8 Å². The molecule has 0 fully saturated rings. The van der Waals surface area contributed by atoms with Crippen molar-refractivity contribution in [1.82, 2.24) is 10.6 Å². The monoisotopic (exact) mass is 333 g/mol. The molecule has 2 N–H and O–H groups in total. The van der Waals surface area contributed by atoms with E-state index in [1.54, 1.807) is 19.1 Å². The number of benzene rings is 1. The first-order valence-corrected chi connectivity index (χ1v) is 7.15. The van der Waals surface area contributed by atoms with Crippen molar-refractivity contribution < 1.29 is 14.5 Å². The minimum Gasteiger partial charge on any atom is -0.458 e. The fraction of sp³-hybridized carbons (Fsp3) is 0.200. The fourth-order valence-electron chi connectivity index (χ4n) is 2.24. The summed E-state index contributed by atoms with van der Waals surface area (Å²) in [6, 6.07) is 5.41. The molecule has 0 unspecified atom stereocenters. The number of hydrogen-bond donors (Lipinski definition) is 2. The average Bonchev–Trinajstić information content (AvgIpc) is 2.52. The van der Waals surface area contributed by atoms with Crippen molar-refractivity contribution >= 4 is 29.0 Å². The van der Waals surface area contributed by atoms with Crippen LogP contribution in [0.4, 0.5) is 5.69 Å². The van der Waals surface area contributed by atoms with Crippen LogP contribution >= 0.6 is 12.2 Å². The summed E-state index contributed by atoms with van der Waals surface area (Å²) in [6.45, 7) is 5.26. The van der Waals surface area contributed by atoms with Crippen LogP contribution in [0.2, 0.25) is 0 Å². The summed E-state index contributed by atoms with van der Waals surface area (Å²) in [5, 5.41) is 17.1. The molecule has 0 saturated carbocycles. The molecule has 1 heterocycles. The highest BCUT2D eigenvalue weighted by molar-refractivity contribution is 7.80. The second-order valence-electron chi connectivity index (χ2n) is 4.81. The molecule has 23 heavy (non-hydrogen) atoms. The number of allylic oxidation sites excluding steroid dienone is 1. The largest absolute Gasteiger partial charge is 0.458 e. The minimum absolute atomic E-state index is 0.0646. The Morgan fingerprint density at radius 1 is 1.57 bits per heavy atom. The van der Waals surface area contributed by atoms with E-state index < -0.39 is 16.9 Å². The molecule has 0 spiro atoms. The summed E-state index contributed by atoms with van der Waals surface area (Å²) in [6.07, 6.45) is 1.46. The molecule has 2 rings (SSSR count). The van der Waals surface area contributed by atoms with Crippen LogP contribution in [0.15, 0.2) is 48.2 Å². The Hall–Kier alpha value is -2.74. The van der Waals surface area contributed by atoms with E-state index in [1.165, 1.54) is 18.2 Å². The minimum atomic E-state index is -0.624. The van der Waals surface area contributed by atoms with Gasteiger partial charge in [-0.2, -0.15) is 0 Å². The third kappa shape index (κ3) is 3.72. The van der Waals surface area contributed by atoms with Gasteiger partial charge >= 0.3 is 5.97 Å². The Bertz CT molecular complexity index is 714. The molecule has 0 saturated heterocycles. The Morgan fingerprint density at radius 3 is 2.96 bits per heavy atom. The number of nitrogens with zero attached hydrogens (tertiary/aromatic N) is 1. The highest BCUT2D eigenvalue weighted by Gasteiger charge is 2.31. The van der Waals surface area contributed by atoms with Crippen molar-refractivity contribution in [1.29, 1.82) is 0 Å². The number of thiocarbonyl (C=S) groups is 1. The van der Waals surface area contributed by atoms with Crippen LogP contribution in [0.25, 0.3) is 0 Å². The molecule has 1 aliphatic rings. The number of non-ortho nitro benzene ring substituents is 1. The van der Waals surface area contributed by atoms with Gasteiger partial charge < -0.3 is 15.4 Å². The van der Waals surface area contributed by atoms with Crippen LogP contribution in [0.3, 0.4) is 0 Å². The van der Waals surface area contributed by atoms with E-state index in [9.17, 15) is 14.9 Å². The molecule has 1 aliphatic heterocycles. The number of rotatable bonds is 5. The first-order chi connectivity index (χ1) is 10.9. The molecule has 1 aromatic carbocycles. The lowest BCUT2D eigenvalue weighted by molar-refractivity contribution is -0.384. The number of carbonyl (C=O) groups is 1. The highest BCUT2D eigenvalue weighted by atomic mass is 32.1. The van der Waals surface area contributed by atoms with Gasteiger partial charge in [-0.3, -0.25) is 10.1 Å². The molecule has 0 aliphatic carbocycles. The zero-order valence-electron chi connectivity index (χ0n) is 12.4. The van der Waals surface area contributed by atoms with Crippen molar-refractivity contribution in [2.24, 2.45) is 0 Å². The number of nitro groups is 1. The van der Waals surface area contributed by atoms with E-state index in [-0.39, 0.29) is 12.3 Å². The van der Waals surface area contributed by atoms with Crippen LogP contribution < -0.4 is 10.6 Å². The van der Waals surface area contributed by atoms with Crippen molar-refractivity contribution in [2.45, 2.75) is 13.0 Å². The third-order valence-electron chi connectivity index (χ3n) is 3.24. The van der Waals surface area contributed by atoms with Crippen molar-refractivity contribution in [2.75, 3.05) is 6.61 Å².